The van der Waals surface area contributed by atoms with Crippen LogP contribution >= 0.6 is 11.7 Å². The summed E-state index contributed by atoms with van der Waals surface area (Å²) in [5.74, 6) is 0. The lowest BCUT2D eigenvalue weighted by Crippen LogP contribution is -2.24. The number of rotatable bonds is 1. The van der Waals surface area contributed by atoms with Crippen LogP contribution in [-0.4, -0.2) is 21.8 Å². The number of hydrogen-bond donors (Lipinski definition) is 2. The molecule has 0 radical (unpaired) electrons. The predicted octanol–water partition coefficient (Wildman–Crippen LogP) is 1.75. The van der Waals surface area contributed by atoms with Crippen LogP contribution in [0, 0.1) is 6.92 Å². The van der Waals surface area contributed by atoms with Gasteiger partial charge in [0.15, 0.2) is 0 Å². The number of benzene rings is 1. The maximum absolute atomic E-state index is 11.2. The van der Waals surface area contributed by atoms with Crippen LogP contribution in [-0.2, 0) is 0 Å². The van der Waals surface area contributed by atoms with Gasteiger partial charge >= 0.3 is 6.03 Å². The summed E-state index contributed by atoms with van der Waals surface area (Å²) < 4.78 is 8.33. The van der Waals surface area contributed by atoms with E-state index in [2.05, 4.69) is 19.4 Å². The van der Waals surface area contributed by atoms with Crippen molar-refractivity contribution in [2.75, 3.05) is 12.4 Å². The minimum absolute atomic E-state index is 0.256. The zero-order chi connectivity index (χ0) is 10.8. The molecule has 2 amide bonds. The van der Waals surface area contributed by atoms with Gasteiger partial charge in [0.1, 0.15) is 11.0 Å². The van der Waals surface area contributed by atoms with Gasteiger partial charge in [0, 0.05) is 7.05 Å². The van der Waals surface area contributed by atoms with Gasteiger partial charge in [0.25, 0.3) is 0 Å². The van der Waals surface area contributed by atoms with E-state index in [1.54, 1.807) is 7.05 Å². The van der Waals surface area contributed by atoms with Gasteiger partial charge in [-0.3, -0.25) is 0 Å². The molecule has 1 aromatic carbocycles. The van der Waals surface area contributed by atoms with Gasteiger partial charge in [0.2, 0.25) is 0 Å². The first kappa shape index (κ1) is 9.85. The van der Waals surface area contributed by atoms with Crippen LogP contribution in [0.2, 0.25) is 0 Å². The highest BCUT2D eigenvalue weighted by Gasteiger charge is 2.09. The van der Waals surface area contributed by atoms with Crippen molar-refractivity contribution in [3.05, 3.63) is 17.7 Å². The second kappa shape index (κ2) is 3.82. The van der Waals surface area contributed by atoms with E-state index in [4.69, 9.17) is 0 Å². The number of carbonyl (C=O) groups excluding carboxylic acids is 1. The fourth-order valence-electron chi connectivity index (χ4n) is 1.28. The van der Waals surface area contributed by atoms with Crippen LogP contribution in [0.1, 0.15) is 5.56 Å². The molecule has 1 aromatic heterocycles. The van der Waals surface area contributed by atoms with E-state index in [1.807, 2.05) is 19.1 Å². The molecule has 0 saturated carbocycles. The normalized spacial score (nSPS) is 10.3. The molecule has 15 heavy (non-hydrogen) atoms. The van der Waals surface area contributed by atoms with Gasteiger partial charge in [-0.1, -0.05) is 6.07 Å². The molecule has 0 spiro atoms. The molecule has 2 rings (SSSR count). The summed E-state index contributed by atoms with van der Waals surface area (Å²) in [5.41, 5.74) is 3.32. The number of amides is 2. The highest BCUT2D eigenvalue weighted by Crippen LogP contribution is 2.24. The second-order valence-electron chi connectivity index (χ2n) is 3.10. The molecule has 2 aromatic rings. The molecule has 0 aliphatic carbocycles. The third-order valence-electron chi connectivity index (χ3n) is 2.09. The number of nitrogens with one attached hydrogen (secondary N) is 2. The fraction of sp³-hybridized carbons (Fsp3) is 0.222. The maximum Gasteiger partial charge on any atom is 0.319 e. The Hall–Kier alpha value is -1.69. The van der Waals surface area contributed by atoms with Crippen LogP contribution in [0.15, 0.2) is 12.1 Å². The van der Waals surface area contributed by atoms with Crippen LogP contribution in [0.25, 0.3) is 11.0 Å². The number of nitrogens with zero attached hydrogens (tertiary/aromatic N) is 2. The molecule has 1 heterocycles. The van der Waals surface area contributed by atoms with Crippen LogP contribution in [0.4, 0.5) is 10.5 Å². The highest BCUT2D eigenvalue weighted by molar-refractivity contribution is 7.00. The summed E-state index contributed by atoms with van der Waals surface area (Å²) in [6, 6.07) is 3.48. The molecule has 0 aliphatic rings. The van der Waals surface area contributed by atoms with Gasteiger partial charge in [-0.25, -0.2) is 4.79 Å². The van der Waals surface area contributed by atoms with Crippen molar-refractivity contribution >= 4 is 34.5 Å². The monoisotopic (exact) mass is 222 g/mol. The molecule has 0 atom stereocenters. The van der Waals surface area contributed by atoms with Gasteiger partial charge in [-0.15, -0.1) is 0 Å². The molecule has 0 fully saturated rings. The summed E-state index contributed by atoms with van der Waals surface area (Å²) in [5, 5.41) is 5.19. The fourth-order valence-corrected chi connectivity index (χ4v) is 1.90. The van der Waals surface area contributed by atoms with Gasteiger partial charge < -0.3 is 10.6 Å². The van der Waals surface area contributed by atoms with E-state index in [0.29, 0.717) is 5.69 Å². The first-order valence-electron chi connectivity index (χ1n) is 4.43. The summed E-state index contributed by atoms with van der Waals surface area (Å²) in [4.78, 5) is 11.2. The Kier molecular flexibility index (Phi) is 2.51. The van der Waals surface area contributed by atoms with E-state index in [1.165, 1.54) is 0 Å². The van der Waals surface area contributed by atoms with Crippen molar-refractivity contribution in [1.82, 2.24) is 14.1 Å². The van der Waals surface area contributed by atoms with Crippen molar-refractivity contribution < 1.29 is 4.79 Å². The molecule has 5 nitrogen and oxygen atoms in total. The lowest BCUT2D eigenvalue weighted by atomic mass is 10.2. The SMILES string of the molecule is CNC(=O)Nc1ccc(C)c2nsnc12. The van der Waals surface area contributed by atoms with E-state index >= 15 is 0 Å². The van der Waals surface area contributed by atoms with Crippen molar-refractivity contribution in [1.29, 1.82) is 0 Å². The molecule has 6 heteroatoms. The number of fused-ring (bicyclic) bond motifs is 1. The highest BCUT2D eigenvalue weighted by atomic mass is 32.1. The van der Waals surface area contributed by atoms with E-state index in [9.17, 15) is 4.79 Å². The van der Waals surface area contributed by atoms with Crippen LogP contribution in [0.5, 0.6) is 0 Å². The Morgan fingerprint density at radius 3 is 2.80 bits per heavy atom. The van der Waals surface area contributed by atoms with E-state index < -0.39 is 0 Å². The number of aromatic nitrogens is 2. The topological polar surface area (TPSA) is 66.9 Å². The first-order valence-corrected chi connectivity index (χ1v) is 5.16. The van der Waals surface area contributed by atoms with Crippen LogP contribution < -0.4 is 10.6 Å². The minimum Gasteiger partial charge on any atom is -0.341 e. The Morgan fingerprint density at radius 2 is 2.07 bits per heavy atom. The minimum atomic E-state index is -0.256. The second-order valence-corrected chi connectivity index (χ2v) is 3.62. The Labute approximate surface area is 90.8 Å². The number of aryl methyl sites for hydroxylation is 1. The number of anilines is 1. The first-order chi connectivity index (χ1) is 7.22. The van der Waals surface area contributed by atoms with Crippen molar-refractivity contribution in [3.8, 4) is 0 Å². The maximum atomic E-state index is 11.2. The summed E-state index contributed by atoms with van der Waals surface area (Å²) in [6.45, 7) is 1.97. The summed E-state index contributed by atoms with van der Waals surface area (Å²) in [6.07, 6.45) is 0. The lowest BCUT2D eigenvalue weighted by Gasteiger charge is -2.05. The van der Waals surface area contributed by atoms with Gasteiger partial charge in [0.05, 0.1) is 17.4 Å². The van der Waals surface area contributed by atoms with Crippen molar-refractivity contribution in [2.24, 2.45) is 0 Å². The zero-order valence-corrected chi connectivity index (χ0v) is 9.18. The number of carbonyl (C=O) groups is 1. The molecular formula is C9H10N4OS. The number of hydrogen-bond acceptors (Lipinski definition) is 4. The molecule has 2 N–H and O–H groups in total. The average molecular weight is 222 g/mol. The number of urea groups is 1. The molecule has 0 unspecified atom stereocenters. The zero-order valence-electron chi connectivity index (χ0n) is 8.37. The molecule has 0 aliphatic heterocycles. The quantitative estimate of drug-likeness (QED) is 0.772. The third kappa shape index (κ3) is 1.75. The summed E-state index contributed by atoms with van der Waals surface area (Å²) in [7, 11) is 1.57. The Balaban J connectivity index is 2.48. The largest absolute Gasteiger partial charge is 0.341 e. The Morgan fingerprint density at radius 1 is 1.33 bits per heavy atom. The molecular weight excluding hydrogens is 212 g/mol. The van der Waals surface area contributed by atoms with E-state index in [0.717, 1.165) is 28.3 Å². The Bertz CT molecular complexity index is 508. The lowest BCUT2D eigenvalue weighted by molar-refractivity contribution is 0.254. The van der Waals surface area contributed by atoms with Gasteiger partial charge in [-0.2, -0.15) is 8.75 Å². The van der Waals surface area contributed by atoms with Crippen molar-refractivity contribution in [3.63, 3.8) is 0 Å². The molecule has 78 valence electrons. The molecule has 0 bridgehead atoms. The molecule has 0 saturated heterocycles. The van der Waals surface area contributed by atoms with Crippen molar-refractivity contribution in [2.45, 2.75) is 6.92 Å². The average Bonchev–Trinajstić information content (AvgIpc) is 2.71. The summed E-state index contributed by atoms with van der Waals surface area (Å²) >= 11 is 1.14. The standard InChI is InChI=1S/C9H10N4OS/c1-5-3-4-6(11-9(14)10-2)8-7(5)12-15-13-8/h3-4H,1-2H3,(H2,10,11,14). The van der Waals surface area contributed by atoms with E-state index in [-0.39, 0.29) is 6.03 Å². The smallest absolute Gasteiger partial charge is 0.319 e. The third-order valence-corrected chi connectivity index (χ3v) is 2.62. The van der Waals surface area contributed by atoms with Gasteiger partial charge in [-0.05, 0) is 18.6 Å². The predicted molar refractivity (Wildman–Crippen MR) is 60.2 cm³/mol. The van der Waals surface area contributed by atoms with Crippen LogP contribution in [0.3, 0.4) is 0 Å².